The quantitative estimate of drug-likeness (QED) is 0.742. The summed E-state index contributed by atoms with van der Waals surface area (Å²) < 4.78 is 14.6. The fourth-order valence-corrected chi connectivity index (χ4v) is 4.04. The van der Waals surface area contributed by atoms with Crippen LogP contribution in [0.1, 0.15) is 24.1 Å². The molecule has 3 N–H and O–H groups in total. The van der Waals surface area contributed by atoms with E-state index < -0.39 is 0 Å². The SMILES string of the molecule is Nc1c(N2CCNCC23CC3)ccnc1Cc1cc2nccnc2cc1F. The lowest BCUT2D eigenvalue weighted by atomic mass is 10.0. The minimum Gasteiger partial charge on any atom is -0.396 e. The Hall–Kier alpha value is -2.80. The Balaban J connectivity index is 1.50. The molecule has 1 aliphatic carbocycles. The van der Waals surface area contributed by atoms with Crippen molar-refractivity contribution in [2.24, 2.45) is 0 Å². The lowest BCUT2D eigenvalue weighted by molar-refractivity contribution is 0.464. The maximum atomic E-state index is 14.6. The topological polar surface area (TPSA) is 80.0 Å². The number of aromatic nitrogens is 3. The molecule has 3 aromatic rings. The summed E-state index contributed by atoms with van der Waals surface area (Å²) in [6.07, 6.45) is 7.63. The summed E-state index contributed by atoms with van der Waals surface area (Å²) in [5.41, 5.74) is 10.8. The standard InChI is InChI=1S/C20H21FN6/c21-14-11-16-15(25-5-6-26-16)9-13(14)10-17-19(22)18(1-4-24-17)27-8-7-23-12-20(27)2-3-20/h1,4-6,9,11,23H,2-3,7-8,10,12,22H2. The predicted octanol–water partition coefficient (Wildman–Crippen LogP) is 2.28. The molecule has 5 rings (SSSR count). The van der Waals surface area contributed by atoms with E-state index >= 15 is 0 Å². The molecule has 0 atom stereocenters. The molecule has 1 spiro atoms. The Kier molecular flexibility index (Phi) is 3.72. The van der Waals surface area contributed by atoms with E-state index in [4.69, 9.17) is 5.73 Å². The fourth-order valence-electron chi connectivity index (χ4n) is 4.04. The third-order valence-electron chi connectivity index (χ3n) is 5.70. The van der Waals surface area contributed by atoms with Gasteiger partial charge in [-0.3, -0.25) is 15.0 Å². The van der Waals surface area contributed by atoms with Gasteiger partial charge in [0.1, 0.15) is 5.82 Å². The van der Waals surface area contributed by atoms with Crippen molar-refractivity contribution >= 4 is 22.4 Å². The summed E-state index contributed by atoms with van der Waals surface area (Å²) in [5, 5.41) is 3.48. The Morgan fingerprint density at radius 1 is 1.11 bits per heavy atom. The highest BCUT2D eigenvalue weighted by atomic mass is 19.1. The van der Waals surface area contributed by atoms with Gasteiger partial charge in [-0.2, -0.15) is 0 Å². The van der Waals surface area contributed by atoms with E-state index in [0.717, 1.165) is 25.3 Å². The summed E-state index contributed by atoms with van der Waals surface area (Å²) in [6, 6.07) is 5.14. The Morgan fingerprint density at radius 3 is 2.67 bits per heavy atom. The largest absolute Gasteiger partial charge is 0.396 e. The molecule has 0 unspecified atom stereocenters. The number of hydrogen-bond donors (Lipinski definition) is 2. The number of nitrogens with zero attached hydrogens (tertiary/aromatic N) is 4. The van der Waals surface area contributed by atoms with Crippen LogP contribution in [-0.4, -0.2) is 40.1 Å². The molecule has 138 valence electrons. The Bertz CT molecular complexity index is 1020. The molecule has 1 aromatic carbocycles. The van der Waals surface area contributed by atoms with Crippen LogP contribution in [0.4, 0.5) is 15.8 Å². The van der Waals surface area contributed by atoms with Crippen LogP contribution in [-0.2, 0) is 6.42 Å². The molecule has 6 nitrogen and oxygen atoms in total. The molecule has 2 aliphatic rings. The van der Waals surface area contributed by atoms with Crippen molar-refractivity contribution in [2.45, 2.75) is 24.8 Å². The number of nitrogen functional groups attached to an aromatic ring is 1. The number of nitrogens with two attached hydrogens (primary N) is 1. The zero-order valence-corrected chi connectivity index (χ0v) is 15.0. The number of pyridine rings is 1. The van der Waals surface area contributed by atoms with Crippen molar-refractivity contribution in [2.75, 3.05) is 30.3 Å². The number of piperazine rings is 1. The summed E-state index contributed by atoms with van der Waals surface area (Å²) >= 11 is 0. The molecule has 1 aliphatic heterocycles. The highest BCUT2D eigenvalue weighted by Crippen LogP contribution is 2.46. The van der Waals surface area contributed by atoms with Crippen LogP contribution in [0.5, 0.6) is 0 Å². The van der Waals surface area contributed by atoms with Gasteiger partial charge in [0.2, 0.25) is 0 Å². The second-order valence-corrected chi connectivity index (χ2v) is 7.41. The van der Waals surface area contributed by atoms with Gasteiger partial charge in [0.15, 0.2) is 0 Å². The van der Waals surface area contributed by atoms with Crippen molar-refractivity contribution in [1.82, 2.24) is 20.3 Å². The molecule has 2 aromatic heterocycles. The molecule has 7 heteroatoms. The first-order valence-corrected chi connectivity index (χ1v) is 9.27. The van der Waals surface area contributed by atoms with Crippen LogP contribution in [0.3, 0.4) is 0 Å². The monoisotopic (exact) mass is 364 g/mol. The second kappa shape index (κ2) is 6.13. The highest BCUT2D eigenvalue weighted by molar-refractivity contribution is 5.76. The Morgan fingerprint density at radius 2 is 1.89 bits per heavy atom. The number of halogens is 1. The van der Waals surface area contributed by atoms with Crippen molar-refractivity contribution in [3.63, 3.8) is 0 Å². The summed E-state index contributed by atoms with van der Waals surface area (Å²) in [4.78, 5) is 15.3. The molecule has 2 fully saturated rings. The fraction of sp³-hybridized carbons (Fsp3) is 0.350. The maximum Gasteiger partial charge on any atom is 0.129 e. The van der Waals surface area contributed by atoms with Crippen LogP contribution in [0.2, 0.25) is 0 Å². The van der Waals surface area contributed by atoms with Crippen LogP contribution < -0.4 is 16.0 Å². The molecule has 1 saturated carbocycles. The number of hydrogen-bond acceptors (Lipinski definition) is 6. The third kappa shape index (κ3) is 2.78. The van der Waals surface area contributed by atoms with Gasteiger partial charge >= 0.3 is 0 Å². The van der Waals surface area contributed by atoms with Crippen molar-refractivity contribution in [3.8, 4) is 0 Å². The van der Waals surface area contributed by atoms with E-state index in [-0.39, 0.29) is 11.4 Å². The molecule has 0 amide bonds. The summed E-state index contributed by atoms with van der Waals surface area (Å²) in [7, 11) is 0. The second-order valence-electron chi connectivity index (χ2n) is 7.41. The normalized spacial score (nSPS) is 18.2. The summed E-state index contributed by atoms with van der Waals surface area (Å²) in [5.74, 6) is -0.310. The molecule has 0 bridgehead atoms. The first-order chi connectivity index (χ1) is 13.2. The van der Waals surface area contributed by atoms with E-state index in [1.54, 1.807) is 24.7 Å². The molecule has 3 heterocycles. The van der Waals surface area contributed by atoms with Crippen LogP contribution in [0, 0.1) is 5.82 Å². The minimum atomic E-state index is -0.310. The average Bonchev–Trinajstić information content (AvgIpc) is 3.44. The number of fused-ring (bicyclic) bond motifs is 1. The summed E-state index contributed by atoms with van der Waals surface area (Å²) in [6.45, 7) is 2.85. The number of benzene rings is 1. The number of rotatable bonds is 3. The minimum absolute atomic E-state index is 0.189. The van der Waals surface area contributed by atoms with Crippen molar-refractivity contribution < 1.29 is 4.39 Å². The van der Waals surface area contributed by atoms with E-state index in [1.165, 1.54) is 18.9 Å². The van der Waals surface area contributed by atoms with Gasteiger partial charge in [-0.15, -0.1) is 0 Å². The average molecular weight is 364 g/mol. The van der Waals surface area contributed by atoms with Crippen LogP contribution >= 0.6 is 0 Å². The lowest BCUT2D eigenvalue weighted by Gasteiger charge is -2.39. The first kappa shape index (κ1) is 16.4. The van der Waals surface area contributed by atoms with Gasteiger partial charge in [0.05, 0.1) is 33.6 Å². The van der Waals surface area contributed by atoms with Gasteiger partial charge in [0, 0.05) is 50.7 Å². The lowest BCUT2D eigenvalue weighted by Crippen LogP contribution is -2.53. The van der Waals surface area contributed by atoms with Gasteiger partial charge in [-0.1, -0.05) is 0 Å². The first-order valence-electron chi connectivity index (χ1n) is 9.27. The van der Waals surface area contributed by atoms with Gasteiger partial charge in [-0.25, -0.2) is 4.39 Å². The van der Waals surface area contributed by atoms with Gasteiger partial charge < -0.3 is 16.0 Å². The number of anilines is 2. The van der Waals surface area contributed by atoms with Crippen LogP contribution in [0.25, 0.3) is 11.0 Å². The molecule has 27 heavy (non-hydrogen) atoms. The molecular formula is C20H21FN6. The van der Waals surface area contributed by atoms with Crippen LogP contribution in [0.15, 0.2) is 36.8 Å². The van der Waals surface area contributed by atoms with E-state index in [9.17, 15) is 4.39 Å². The van der Waals surface area contributed by atoms with E-state index in [2.05, 4.69) is 25.2 Å². The smallest absolute Gasteiger partial charge is 0.129 e. The predicted molar refractivity (Wildman–Crippen MR) is 103 cm³/mol. The van der Waals surface area contributed by atoms with Gasteiger partial charge in [0.25, 0.3) is 0 Å². The van der Waals surface area contributed by atoms with E-state index in [1.807, 2.05) is 6.07 Å². The molecule has 1 saturated heterocycles. The zero-order chi connectivity index (χ0) is 18.4. The Labute approximate surface area is 156 Å². The van der Waals surface area contributed by atoms with E-state index in [0.29, 0.717) is 34.4 Å². The number of nitrogens with one attached hydrogen (secondary N) is 1. The third-order valence-corrected chi connectivity index (χ3v) is 5.70. The van der Waals surface area contributed by atoms with Crippen molar-refractivity contribution in [3.05, 3.63) is 53.9 Å². The highest BCUT2D eigenvalue weighted by Gasteiger charge is 2.49. The van der Waals surface area contributed by atoms with Crippen molar-refractivity contribution in [1.29, 1.82) is 0 Å². The van der Waals surface area contributed by atoms with Gasteiger partial charge in [-0.05, 0) is 30.5 Å². The molecular weight excluding hydrogens is 343 g/mol. The zero-order valence-electron chi connectivity index (χ0n) is 15.0. The maximum absolute atomic E-state index is 14.6. The molecule has 0 radical (unpaired) electrons.